The first-order valence-corrected chi connectivity index (χ1v) is 9.38. The van der Waals surface area contributed by atoms with Crippen molar-refractivity contribution in [3.63, 3.8) is 0 Å². The molecule has 0 bridgehead atoms. The summed E-state index contributed by atoms with van der Waals surface area (Å²) in [6, 6.07) is 13.6. The van der Waals surface area contributed by atoms with E-state index in [1.54, 1.807) is 12.1 Å². The minimum atomic E-state index is -0.157. The van der Waals surface area contributed by atoms with Gasteiger partial charge in [0.1, 0.15) is 5.82 Å². The Labute approximate surface area is 153 Å². The van der Waals surface area contributed by atoms with Crippen LogP contribution in [0.25, 0.3) is 0 Å². The lowest BCUT2D eigenvalue weighted by Crippen LogP contribution is -2.25. The summed E-state index contributed by atoms with van der Waals surface area (Å²) < 4.78 is 14.3. The van der Waals surface area contributed by atoms with Crippen molar-refractivity contribution < 1.29 is 4.39 Å². The minimum absolute atomic E-state index is 0.157. The number of nitrogens with zero attached hydrogens (tertiary/aromatic N) is 1. The Morgan fingerprint density at radius 1 is 1.00 bits per heavy atom. The van der Waals surface area contributed by atoms with E-state index in [1.807, 2.05) is 12.1 Å². The zero-order valence-corrected chi connectivity index (χ0v) is 16.1. The van der Waals surface area contributed by atoms with E-state index < -0.39 is 0 Å². The minimum Gasteiger partial charge on any atom is -0.299 e. The molecule has 0 N–H and O–H groups in total. The largest absolute Gasteiger partial charge is 0.299 e. The van der Waals surface area contributed by atoms with E-state index in [0.29, 0.717) is 0 Å². The number of rotatable bonds is 8. The summed E-state index contributed by atoms with van der Waals surface area (Å²) in [7, 11) is 0. The van der Waals surface area contributed by atoms with Crippen molar-refractivity contribution in [2.45, 2.75) is 39.7 Å². The van der Waals surface area contributed by atoms with Crippen molar-refractivity contribution in [2.75, 3.05) is 13.1 Å². The molecule has 124 valence electrons. The first kappa shape index (κ1) is 18.4. The maximum atomic E-state index is 12.9. The molecule has 2 aromatic carbocycles. The second-order valence-corrected chi connectivity index (χ2v) is 7.25. The number of aryl methyl sites for hydroxylation is 2. The molecule has 0 atom stereocenters. The molecule has 0 unspecified atom stereocenters. The first-order valence-electron chi connectivity index (χ1n) is 8.30. The van der Waals surface area contributed by atoms with Crippen LogP contribution in [0.1, 0.15) is 36.5 Å². The molecule has 1 nitrogen and oxygen atoms in total. The van der Waals surface area contributed by atoms with Gasteiger partial charge in [-0.2, -0.15) is 0 Å². The average Bonchev–Trinajstić information content (AvgIpc) is 2.53. The van der Waals surface area contributed by atoms with Gasteiger partial charge in [0, 0.05) is 10.1 Å². The van der Waals surface area contributed by atoms with E-state index in [2.05, 4.69) is 59.5 Å². The van der Waals surface area contributed by atoms with E-state index in [1.165, 1.54) is 26.7 Å². The zero-order chi connectivity index (χ0) is 16.7. The third-order valence-corrected chi connectivity index (χ3v) is 5.20. The van der Waals surface area contributed by atoms with Crippen molar-refractivity contribution in [3.05, 3.63) is 68.5 Å². The van der Waals surface area contributed by atoms with Gasteiger partial charge in [-0.1, -0.05) is 31.2 Å². The maximum absolute atomic E-state index is 12.9. The Balaban J connectivity index is 1.87. The summed E-state index contributed by atoms with van der Waals surface area (Å²) in [5.74, 6) is -0.157. The number of halogens is 2. The van der Waals surface area contributed by atoms with Crippen LogP contribution in [-0.4, -0.2) is 18.0 Å². The summed E-state index contributed by atoms with van der Waals surface area (Å²) in [4.78, 5) is 2.52. The highest BCUT2D eigenvalue weighted by Crippen LogP contribution is 2.16. The monoisotopic (exact) mass is 425 g/mol. The van der Waals surface area contributed by atoms with Crippen molar-refractivity contribution >= 4 is 22.6 Å². The Bertz CT molecular complexity index is 610. The van der Waals surface area contributed by atoms with Crippen LogP contribution in [0.3, 0.4) is 0 Å². The van der Waals surface area contributed by atoms with Crippen molar-refractivity contribution in [1.82, 2.24) is 4.90 Å². The highest BCUT2D eigenvalue weighted by molar-refractivity contribution is 14.1. The highest BCUT2D eigenvalue weighted by atomic mass is 127. The Morgan fingerprint density at radius 3 is 2.35 bits per heavy atom. The van der Waals surface area contributed by atoms with Crippen molar-refractivity contribution in [1.29, 1.82) is 0 Å². The molecule has 0 saturated heterocycles. The lowest BCUT2D eigenvalue weighted by molar-refractivity contribution is 0.262. The second-order valence-electron chi connectivity index (χ2n) is 6.09. The molecule has 0 aliphatic rings. The predicted molar refractivity (Wildman–Crippen MR) is 104 cm³/mol. The average molecular weight is 425 g/mol. The molecule has 0 fully saturated rings. The Morgan fingerprint density at radius 2 is 1.70 bits per heavy atom. The van der Waals surface area contributed by atoms with Gasteiger partial charge in [-0.25, -0.2) is 4.39 Å². The topological polar surface area (TPSA) is 3.24 Å². The number of hydrogen-bond acceptors (Lipinski definition) is 1. The number of benzene rings is 2. The van der Waals surface area contributed by atoms with Crippen LogP contribution in [0.5, 0.6) is 0 Å². The third-order valence-electron chi connectivity index (χ3n) is 4.04. The standard InChI is InChI=1S/C20H25FIN/c1-3-12-23(15-18-7-6-16(2)20(22)14-18)13-4-5-17-8-10-19(21)11-9-17/h6-11,14H,3-5,12-13,15H2,1-2H3. The quantitative estimate of drug-likeness (QED) is 0.499. The summed E-state index contributed by atoms with van der Waals surface area (Å²) in [6.07, 6.45) is 3.28. The molecule has 0 aliphatic carbocycles. The molecule has 23 heavy (non-hydrogen) atoms. The molecule has 2 rings (SSSR count). The van der Waals surface area contributed by atoms with Crippen LogP contribution in [0.15, 0.2) is 42.5 Å². The molecule has 0 aliphatic heterocycles. The van der Waals surface area contributed by atoms with Crippen LogP contribution < -0.4 is 0 Å². The van der Waals surface area contributed by atoms with E-state index in [0.717, 1.165) is 32.5 Å². The molecule has 0 amide bonds. The molecule has 0 spiro atoms. The fourth-order valence-corrected chi connectivity index (χ4v) is 3.32. The molecule has 0 saturated carbocycles. The van der Waals surface area contributed by atoms with Crippen LogP contribution in [0.4, 0.5) is 4.39 Å². The fraction of sp³-hybridized carbons (Fsp3) is 0.400. The Kier molecular flexibility index (Phi) is 7.50. The van der Waals surface area contributed by atoms with Crippen LogP contribution in [0, 0.1) is 16.3 Å². The van der Waals surface area contributed by atoms with Gasteiger partial charge in [-0.05, 0) is 96.8 Å². The van der Waals surface area contributed by atoms with Gasteiger partial charge >= 0.3 is 0 Å². The SMILES string of the molecule is CCCN(CCCc1ccc(F)cc1)Cc1ccc(C)c(I)c1. The van der Waals surface area contributed by atoms with E-state index in [9.17, 15) is 4.39 Å². The normalized spacial score (nSPS) is 11.2. The van der Waals surface area contributed by atoms with Crippen LogP contribution >= 0.6 is 22.6 Å². The van der Waals surface area contributed by atoms with Gasteiger partial charge < -0.3 is 0 Å². The van der Waals surface area contributed by atoms with E-state index >= 15 is 0 Å². The van der Waals surface area contributed by atoms with Crippen molar-refractivity contribution in [3.8, 4) is 0 Å². The lowest BCUT2D eigenvalue weighted by atomic mass is 10.1. The maximum Gasteiger partial charge on any atom is 0.123 e. The zero-order valence-electron chi connectivity index (χ0n) is 14.0. The van der Waals surface area contributed by atoms with Gasteiger partial charge in [0.25, 0.3) is 0 Å². The lowest BCUT2D eigenvalue weighted by Gasteiger charge is -2.22. The first-order chi connectivity index (χ1) is 11.1. The van der Waals surface area contributed by atoms with E-state index in [-0.39, 0.29) is 5.82 Å². The molecular formula is C20H25FIN. The predicted octanol–water partition coefficient (Wildman–Crippen LogP) is 5.58. The van der Waals surface area contributed by atoms with Gasteiger partial charge in [-0.15, -0.1) is 0 Å². The van der Waals surface area contributed by atoms with Gasteiger partial charge in [0.05, 0.1) is 0 Å². The van der Waals surface area contributed by atoms with Crippen LogP contribution in [-0.2, 0) is 13.0 Å². The van der Waals surface area contributed by atoms with Crippen molar-refractivity contribution in [2.24, 2.45) is 0 Å². The molecule has 0 heterocycles. The second kappa shape index (κ2) is 9.38. The number of hydrogen-bond donors (Lipinski definition) is 0. The van der Waals surface area contributed by atoms with Gasteiger partial charge in [0.2, 0.25) is 0 Å². The fourth-order valence-electron chi connectivity index (χ4n) is 2.74. The Hall–Kier alpha value is -0.940. The summed E-state index contributed by atoms with van der Waals surface area (Å²) in [5, 5.41) is 0. The molecule has 0 aromatic heterocycles. The smallest absolute Gasteiger partial charge is 0.123 e. The summed E-state index contributed by atoms with van der Waals surface area (Å²) in [6.45, 7) is 7.58. The van der Waals surface area contributed by atoms with Gasteiger partial charge in [0.15, 0.2) is 0 Å². The molecule has 3 heteroatoms. The summed E-state index contributed by atoms with van der Waals surface area (Å²) >= 11 is 2.41. The molecular weight excluding hydrogens is 400 g/mol. The highest BCUT2D eigenvalue weighted by Gasteiger charge is 2.06. The summed E-state index contributed by atoms with van der Waals surface area (Å²) in [5.41, 5.74) is 3.94. The molecule has 2 aromatic rings. The third kappa shape index (κ3) is 6.22. The van der Waals surface area contributed by atoms with Gasteiger partial charge in [-0.3, -0.25) is 4.90 Å². The van der Waals surface area contributed by atoms with E-state index in [4.69, 9.17) is 0 Å². The molecule has 0 radical (unpaired) electrons. The van der Waals surface area contributed by atoms with Crippen LogP contribution in [0.2, 0.25) is 0 Å².